The molecule has 5 atom stereocenters. The van der Waals surface area contributed by atoms with E-state index in [0.717, 1.165) is 0 Å². The molecule has 1 amide bonds. The summed E-state index contributed by atoms with van der Waals surface area (Å²) in [5.74, 6) is -1.02. The van der Waals surface area contributed by atoms with E-state index in [0.29, 0.717) is 0 Å². The summed E-state index contributed by atoms with van der Waals surface area (Å²) in [5.41, 5.74) is 5.53. The molecule has 0 bridgehead atoms. The van der Waals surface area contributed by atoms with Gasteiger partial charge in [0.2, 0.25) is 18.5 Å². The predicted octanol–water partition coefficient (Wildman–Crippen LogP) is -3.31. The molecule has 0 aromatic carbocycles. The van der Waals surface area contributed by atoms with Gasteiger partial charge >= 0.3 is 5.91 Å². The van der Waals surface area contributed by atoms with Crippen LogP contribution in [0, 0.1) is 0 Å². The van der Waals surface area contributed by atoms with Crippen LogP contribution in [0.5, 0.6) is 0 Å². The van der Waals surface area contributed by atoms with Gasteiger partial charge in [-0.2, -0.15) is 14.9 Å². The lowest BCUT2D eigenvalue weighted by molar-refractivity contribution is -0.498. The van der Waals surface area contributed by atoms with E-state index in [1.807, 2.05) is 0 Å². The molecule has 3 aliphatic heterocycles. The third-order valence-corrected chi connectivity index (χ3v) is 3.78. The lowest BCUT2D eigenvalue weighted by Crippen LogP contribution is -2.50. The number of nitrogens with two attached hydrogens (primary N) is 1. The van der Waals surface area contributed by atoms with Gasteiger partial charge in [-0.25, -0.2) is 4.58 Å². The number of carbonyl (C=O) groups is 1. The number of guanidine groups is 1. The SMILES string of the molecule is [2H]C12C(=O)N=C(N)N=C1N([C@@H]1O[C@H](CO)[C@@H](O)[C@H]1OC)C=[N+]2C. The Morgan fingerprint density at radius 2 is 2.36 bits per heavy atom. The molecular weight excluding hydrogens is 294 g/mol. The summed E-state index contributed by atoms with van der Waals surface area (Å²) in [6.07, 6.45) is -2.16. The lowest BCUT2D eigenvalue weighted by atomic mass is 10.1. The molecule has 3 rings (SSSR count). The third-order valence-electron chi connectivity index (χ3n) is 3.78. The van der Waals surface area contributed by atoms with Crippen LogP contribution in [-0.2, 0) is 14.3 Å². The number of hydrogen-bond donors (Lipinski definition) is 3. The first kappa shape index (κ1) is 13.8. The van der Waals surface area contributed by atoms with Gasteiger partial charge in [0, 0.05) is 7.11 Å². The van der Waals surface area contributed by atoms with Gasteiger partial charge in [-0.1, -0.05) is 0 Å². The number of aliphatic hydroxyl groups excluding tert-OH is 2. The van der Waals surface area contributed by atoms with Crippen molar-refractivity contribution in [2.75, 3.05) is 20.8 Å². The average molecular weight is 313 g/mol. The molecule has 0 saturated carbocycles. The van der Waals surface area contributed by atoms with Gasteiger partial charge < -0.3 is 25.4 Å². The molecular formula is C12H18N5O5+. The van der Waals surface area contributed by atoms with Gasteiger partial charge in [0.15, 0.2) is 6.10 Å². The number of carbonyl (C=O) groups excluding carboxylic acids is 1. The van der Waals surface area contributed by atoms with E-state index >= 15 is 0 Å². The number of amides is 1. The van der Waals surface area contributed by atoms with Gasteiger partial charge in [-0.05, 0) is 0 Å². The van der Waals surface area contributed by atoms with Crippen molar-refractivity contribution in [2.24, 2.45) is 15.7 Å². The Balaban J connectivity index is 2.01. The molecule has 1 saturated heterocycles. The highest BCUT2D eigenvalue weighted by molar-refractivity contribution is 6.19. The molecule has 3 heterocycles. The maximum absolute atomic E-state index is 12.1. The van der Waals surface area contributed by atoms with Gasteiger partial charge in [-0.3, -0.25) is 4.79 Å². The van der Waals surface area contributed by atoms with Crippen molar-refractivity contribution in [3.63, 3.8) is 0 Å². The molecule has 0 aliphatic carbocycles. The molecule has 1 fully saturated rings. The molecule has 0 radical (unpaired) electrons. The number of methoxy groups -OCH3 is 1. The molecule has 0 aromatic heterocycles. The third kappa shape index (κ3) is 2.11. The number of aliphatic hydroxyl groups is 2. The van der Waals surface area contributed by atoms with Crippen LogP contribution in [0.1, 0.15) is 1.37 Å². The zero-order chi connectivity index (χ0) is 16.9. The summed E-state index contributed by atoms with van der Waals surface area (Å²) in [7, 11) is 2.91. The fourth-order valence-corrected chi connectivity index (χ4v) is 2.76. The minimum Gasteiger partial charge on any atom is -0.394 e. The fraction of sp³-hybridized carbons (Fsp3) is 0.667. The second-order valence-electron chi connectivity index (χ2n) is 5.13. The largest absolute Gasteiger partial charge is 0.394 e. The van der Waals surface area contributed by atoms with Crippen molar-refractivity contribution in [1.82, 2.24) is 4.90 Å². The smallest absolute Gasteiger partial charge is 0.304 e. The second kappa shape index (κ2) is 5.39. The van der Waals surface area contributed by atoms with Crippen molar-refractivity contribution in [3.8, 4) is 0 Å². The first-order valence-corrected chi connectivity index (χ1v) is 6.65. The highest BCUT2D eigenvalue weighted by Gasteiger charge is 2.56. The standard InChI is InChI=1S/C12H17N5O5/c1-16-4-17(9-6(16)10(20)15-12(13)14-9)11-8(21-2)7(19)5(3-18)22-11/h4-8,11,18-19H,3H2,1-2H3,(H-,13,15,20)/p+1/t5-,6?,7-,8-,11-/m1/s1/i6D. The Labute approximate surface area is 127 Å². The van der Waals surface area contributed by atoms with E-state index in [4.69, 9.17) is 16.6 Å². The van der Waals surface area contributed by atoms with Gasteiger partial charge in [0.25, 0.3) is 11.9 Å². The summed E-state index contributed by atoms with van der Waals surface area (Å²) in [4.78, 5) is 21.1. The zero-order valence-corrected chi connectivity index (χ0v) is 12.1. The van der Waals surface area contributed by atoms with Gasteiger partial charge in [0.05, 0.1) is 13.7 Å². The topological polar surface area (TPSA) is 133 Å². The minimum absolute atomic E-state index is 0.00957. The molecule has 10 heteroatoms. The summed E-state index contributed by atoms with van der Waals surface area (Å²) in [6, 6.07) is -1.85. The van der Waals surface area contributed by atoms with Crippen molar-refractivity contribution in [1.29, 1.82) is 0 Å². The van der Waals surface area contributed by atoms with E-state index in [-0.39, 0.29) is 11.8 Å². The average Bonchev–Trinajstić information content (AvgIpc) is 2.96. The number of rotatable bonds is 3. The summed E-state index contributed by atoms with van der Waals surface area (Å²) < 4.78 is 20.6. The minimum atomic E-state index is -1.85. The van der Waals surface area contributed by atoms with Crippen LogP contribution >= 0.6 is 0 Å². The lowest BCUT2D eigenvalue weighted by Gasteiger charge is -2.22. The summed E-state index contributed by atoms with van der Waals surface area (Å²) >= 11 is 0. The van der Waals surface area contributed by atoms with Crippen molar-refractivity contribution in [2.45, 2.75) is 30.6 Å². The number of hydrogen-bond acceptors (Lipinski definition) is 8. The second-order valence-corrected chi connectivity index (χ2v) is 5.13. The maximum Gasteiger partial charge on any atom is 0.304 e. The number of likely N-dealkylation sites (N-methyl/N-ethyl adjacent to an activating group) is 1. The Kier molecular flexibility index (Phi) is 3.37. The van der Waals surface area contributed by atoms with E-state index in [9.17, 15) is 15.0 Å². The van der Waals surface area contributed by atoms with Crippen LogP contribution in [0.15, 0.2) is 9.98 Å². The highest BCUT2D eigenvalue weighted by Crippen LogP contribution is 2.28. The van der Waals surface area contributed by atoms with Crippen molar-refractivity contribution < 1.29 is 30.4 Å². The van der Waals surface area contributed by atoms with Gasteiger partial charge in [-0.15, -0.1) is 0 Å². The van der Waals surface area contributed by atoms with E-state index in [2.05, 4.69) is 9.98 Å². The Bertz CT molecular complexity index is 637. The van der Waals surface area contributed by atoms with E-state index in [1.165, 1.54) is 30.0 Å². The molecule has 0 aromatic rings. The van der Waals surface area contributed by atoms with Crippen LogP contribution in [0.2, 0.25) is 0 Å². The van der Waals surface area contributed by atoms with Crippen LogP contribution in [0.25, 0.3) is 0 Å². The molecule has 1 unspecified atom stereocenters. The molecule has 0 spiro atoms. The Morgan fingerprint density at radius 3 is 3.00 bits per heavy atom. The Hall–Kier alpha value is -1.88. The zero-order valence-electron chi connectivity index (χ0n) is 13.1. The van der Waals surface area contributed by atoms with Crippen LogP contribution in [0.3, 0.4) is 0 Å². The van der Waals surface area contributed by atoms with Crippen LogP contribution < -0.4 is 5.73 Å². The molecule has 3 aliphatic rings. The van der Waals surface area contributed by atoms with Gasteiger partial charge in [0.1, 0.15) is 13.6 Å². The monoisotopic (exact) mass is 313 g/mol. The van der Waals surface area contributed by atoms with Crippen molar-refractivity contribution >= 4 is 24.0 Å². The van der Waals surface area contributed by atoms with Crippen LogP contribution in [-0.4, -0.2) is 95.1 Å². The first-order valence-electron chi connectivity index (χ1n) is 7.15. The molecule has 120 valence electrons. The first-order chi connectivity index (χ1) is 10.8. The molecule has 22 heavy (non-hydrogen) atoms. The highest BCUT2D eigenvalue weighted by atomic mass is 16.6. The van der Waals surface area contributed by atoms with Crippen molar-refractivity contribution in [3.05, 3.63) is 0 Å². The maximum atomic E-state index is 12.1. The van der Waals surface area contributed by atoms with E-state index < -0.39 is 43.1 Å². The molecule has 10 nitrogen and oxygen atoms in total. The summed E-state index contributed by atoms with van der Waals surface area (Å²) in [5, 5.41) is 19.4. The quantitative estimate of drug-likeness (QED) is 0.464. The number of aliphatic imine (C=N–C) groups is 2. The number of nitrogens with zero attached hydrogens (tertiary/aromatic N) is 4. The van der Waals surface area contributed by atoms with E-state index in [1.54, 1.807) is 0 Å². The van der Waals surface area contributed by atoms with Crippen LogP contribution in [0.4, 0.5) is 0 Å². The normalized spacial score (nSPS) is 41.8. The molecule has 4 N–H and O–H groups in total. The predicted molar refractivity (Wildman–Crippen MR) is 74.5 cm³/mol. The summed E-state index contributed by atoms with van der Waals surface area (Å²) in [6.45, 7) is -0.401. The Morgan fingerprint density at radius 1 is 1.64 bits per heavy atom. The number of amidine groups is 1. The number of ether oxygens (including phenoxy) is 2. The fourth-order valence-electron chi connectivity index (χ4n) is 2.76. The number of fused-ring (bicyclic) bond motifs is 1.